The number of pyridine rings is 1. The summed E-state index contributed by atoms with van der Waals surface area (Å²) in [5, 5.41) is 17.9. The van der Waals surface area contributed by atoms with Gasteiger partial charge in [0.25, 0.3) is 0 Å². The molecule has 0 bridgehead atoms. The second-order valence-electron chi connectivity index (χ2n) is 4.16. The van der Waals surface area contributed by atoms with Crippen LogP contribution in [0.5, 0.6) is 0 Å². The molecular formula is C13H17N3O2. The lowest BCUT2D eigenvalue weighted by Crippen LogP contribution is -2.28. The molecule has 1 N–H and O–H groups in total. The Morgan fingerprint density at radius 3 is 2.94 bits per heavy atom. The number of aromatic carboxylic acids is 1. The first-order valence-electron chi connectivity index (χ1n) is 5.87. The predicted octanol–water partition coefficient (Wildman–Crippen LogP) is 1.76. The minimum absolute atomic E-state index is 0.0815. The van der Waals surface area contributed by atoms with Crippen LogP contribution in [0.4, 0.5) is 0 Å². The Morgan fingerprint density at radius 2 is 2.39 bits per heavy atom. The molecule has 1 heterocycles. The standard InChI is InChI=1S/C13H17N3O2/c1-3-16(8-10(2)7-14)9-12-11(13(17)18)5-4-6-15-12/h4-6,10H,3,8-9H2,1-2H3,(H,17,18). The van der Waals surface area contributed by atoms with E-state index in [1.54, 1.807) is 18.3 Å². The lowest BCUT2D eigenvalue weighted by molar-refractivity contribution is 0.0693. The van der Waals surface area contributed by atoms with Gasteiger partial charge >= 0.3 is 5.97 Å². The maximum Gasteiger partial charge on any atom is 0.337 e. The van der Waals surface area contributed by atoms with E-state index in [1.807, 2.05) is 18.7 Å². The molecule has 96 valence electrons. The molecule has 1 aromatic heterocycles. The normalized spacial score (nSPS) is 12.1. The van der Waals surface area contributed by atoms with Gasteiger partial charge in [-0.1, -0.05) is 6.92 Å². The molecule has 0 aromatic carbocycles. The van der Waals surface area contributed by atoms with E-state index < -0.39 is 5.97 Å². The third kappa shape index (κ3) is 3.82. The van der Waals surface area contributed by atoms with Crippen LogP contribution in [0.2, 0.25) is 0 Å². The number of aromatic nitrogens is 1. The minimum atomic E-state index is -0.970. The summed E-state index contributed by atoms with van der Waals surface area (Å²) in [5.41, 5.74) is 0.762. The molecule has 0 fully saturated rings. The fourth-order valence-electron chi connectivity index (χ4n) is 1.70. The number of nitrogens with zero attached hydrogens (tertiary/aromatic N) is 3. The topological polar surface area (TPSA) is 77.2 Å². The number of nitriles is 1. The highest BCUT2D eigenvalue weighted by Gasteiger charge is 2.15. The van der Waals surface area contributed by atoms with Gasteiger partial charge in [0.05, 0.1) is 23.2 Å². The van der Waals surface area contributed by atoms with Crippen LogP contribution in [0.25, 0.3) is 0 Å². The summed E-state index contributed by atoms with van der Waals surface area (Å²) in [6, 6.07) is 5.33. The smallest absolute Gasteiger partial charge is 0.337 e. The van der Waals surface area contributed by atoms with E-state index >= 15 is 0 Å². The highest BCUT2D eigenvalue weighted by Crippen LogP contribution is 2.10. The van der Waals surface area contributed by atoms with Crippen LogP contribution in [-0.4, -0.2) is 34.0 Å². The van der Waals surface area contributed by atoms with Crippen LogP contribution < -0.4 is 0 Å². The Labute approximate surface area is 107 Å². The van der Waals surface area contributed by atoms with Gasteiger partial charge in [0.1, 0.15) is 0 Å². The summed E-state index contributed by atoms with van der Waals surface area (Å²) in [4.78, 5) is 17.2. The zero-order valence-electron chi connectivity index (χ0n) is 10.6. The van der Waals surface area contributed by atoms with Crippen LogP contribution in [-0.2, 0) is 6.54 Å². The number of hydrogen-bond acceptors (Lipinski definition) is 4. The first-order valence-corrected chi connectivity index (χ1v) is 5.87. The first kappa shape index (κ1) is 14.1. The fraction of sp³-hybridized carbons (Fsp3) is 0.462. The van der Waals surface area contributed by atoms with Gasteiger partial charge in [-0.2, -0.15) is 5.26 Å². The van der Waals surface area contributed by atoms with Crippen molar-refractivity contribution in [1.29, 1.82) is 5.26 Å². The zero-order valence-corrected chi connectivity index (χ0v) is 10.6. The van der Waals surface area contributed by atoms with Crippen LogP contribution >= 0.6 is 0 Å². The Hall–Kier alpha value is -1.93. The van der Waals surface area contributed by atoms with Crippen molar-refractivity contribution in [3.05, 3.63) is 29.6 Å². The number of hydrogen-bond donors (Lipinski definition) is 1. The molecule has 5 heteroatoms. The first-order chi connectivity index (χ1) is 8.58. The molecule has 0 aliphatic carbocycles. The number of carboxylic acid groups (broad SMARTS) is 1. The molecular weight excluding hydrogens is 230 g/mol. The molecule has 0 amide bonds. The Morgan fingerprint density at radius 1 is 1.67 bits per heavy atom. The quantitative estimate of drug-likeness (QED) is 0.828. The molecule has 0 spiro atoms. The highest BCUT2D eigenvalue weighted by molar-refractivity contribution is 5.88. The van der Waals surface area contributed by atoms with Gasteiger partial charge in [-0.3, -0.25) is 9.88 Å². The Bertz CT molecular complexity index is 454. The van der Waals surface area contributed by atoms with Crippen LogP contribution in [0.1, 0.15) is 29.9 Å². The number of carboxylic acids is 1. The van der Waals surface area contributed by atoms with Crippen molar-refractivity contribution >= 4 is 5.97 Å². The summed E-state index contributed by atoms with van der Waals surface area (Å²) >= 11 is 0. The summed E-state index contributed by atoms with van der Waals surface area (Å²) in [7, 11) is 0. The van der Waals surface area contributed by atoms with E-state index in [1.165, 1.54) is 0 Å². The Balaban J connectivity index is 2.82. The van der Waals surface area contributed by atoms with Crippen LogP contribution in [0.3, 0.4) is 0 Å². The molecule has 1 aromatic rings. The zero-order chi connectivity index (χ0) is 13.5. The summed E-state index contributed by atoms with van der Waals surface area (Å²) in [6.07, 6.45) is 1.59. The van der Waals surface area contributed by atoms with Crippen LogP contribution in [0.15, 0.2) is 18.3 Å². The average molecular weight is 247 g/mol. The predicted molar refractivity (Wildman–Crippen MR) is 66.9 cm³/mol. The van der Waals surface area contributed by atoms with E-state index in [-0.39, 0.29) is 11.5 Å². The summed E-state index contributed by atoms with van der Waals surface area (Å²) < 4.78 is 0. The lowest BCUT2D eigenvalue weighted by Gasteiger charge is -2.21. The molecule has 0 saturated carbocycles. The molecule has 18 heavy (non-hydrogen) atoms. The van der Waals surface area contributed by atoms with E-state index in [2.05, 4.69) is 11.1 Å². The molecule has 1 unspecified atom stereocenters. The van der Waals surface area contributed by atoms with E-state index in [0.717, 1.165) is 6.54 Å². The maximum atomic E-state index is 11.1. The van der Waals surface area contributed by atoms with Gasteiger partial charge in [0, 0.05) is 19.3 Å². The second kappa shape index (κ2) is 6.72. The second-order valence-corrected chi connectivity index (χ2v) is 4.16. The molecule has 0 saturated heterocycles. The van der Waals surface area contributed by atoms with Crippen LogP contribution in [0, 0.1) is 17.2 Å². The van der Waals surface area contributed by atoms with Crippen molar-refractivity contribution < 1.29 is 9.90 Å². The van der Waals surface area contributed by atoms with E-state index in [4.69, 9.17) is 10.4 Å². The van der Waals surface area contributed by atoms with Gasteiger partial charge < -0.3 is 5.11 Å². The van der Waals surface area contributed by atoms with Crippen molar-refractivity contribution in [2.45, 2.75) is 20.4 Å². The molecule has 0 radical (unpaired) electrons. The number of carbonyl (C=O) groups is 1. The minimum Gasteiger partial charge on any atom is -0.478 e. The molecule has 0 aliphatic heterocycles. The molecule has 1 atom stereocenters. The van der Waals surface area contributed by atoms with Crippen molar-refractivity contribution in [3.8, 4) is 6.07 Å². The monoisotopic (exact) mass is 247 g/mol. The molecule has 0 aliphatic rings. The summed E-state index contributed by atoms with van der Waals surface area (Å²) in [6.45, 7) is 5.64. The van der Waals surface area contributed by atoms with Crippen molar-refractivity contribution in [2.24, 2.45) is 5.92 Å². The molecule has 1 rings (SSSR count). The van der Waals surface area contributed by atoms with Gasteiger partial charge in [-0.15, -0.1) is 0 Å². The van der Waals surface area contributed by atoms with Gasteiger partial charge in [-0.05, 0) is 25.6 Å². The van der Waals surface area contributed by atoms with Gasteiger partial charge in [-0.25, -0.2) is 4.79 Å². The van der Waals surface area contributed by atoms with Crippen molar-refractivity contribution in [1.82, 2.24) is 9.88 Å². The maximum absolute atomic E-state index is 11.1. The summed E-state index contributed by atoms with van der Waals surface area (Å²) in [5.74, 6) is -1.05. The Kier molecular flexibility index (Phi) is 5.28. The number of rotatable bonds is 6. The van der Waals surface area contributed by atoms with Crippen molar-refractivity contribution in [2.75, 3.05) is 13.1 Å². The van der Waals surface area contributed by atoms with E-state index in [9.17, 15) is 4.79 Å². The van der Waals surface area contributed by atoms with Crippen molar-refractivity contribution in [3.63, 3.8) is 0 Å². The fourth-order valence-corrected chi connectivity index (χ4v) is 1.70. The average Bonchev–Trinajstić information content (AvgIpc) is 2.38. The van der Waals surface area contributed by atoms with Gasteiger partial charge in [0.2, 0.25) is 0 Å². The SMILES string of the molecule is CCN(Cc1ncccc1C(=O)O)CC(C)C#N. The third-order valence-electron chi connectivity index (χ3n) is 2.69. The highest BCUT2D eigenvalue weighted by atomic mass is 16.4. The largest absolute Gasteiger partial charge is 0.478 e. The molecule has 5 nitrogen and oxygen atoms in total. The van der Waals surface area contributed by atoms with Gasteiger partial charge in [0.15, 0.2) is 0 Å². The third-order valence-corrected chi connectivity index (χ3v) is 2.69. The van der Waals surface area contributed by atoms with E-state index in [0.29, 0.717) is 18.8 Å². The lowest BCUT2D eigenvalue weighted by atomic mass is 10.1.